The third-order valence-electron chi connectivity index (χ3n) is 3.18. The minimum Gasteiger partial charge on any atom is -0.480 e. The molecule has 24 heavy (non-hydrogen) atoms. The lowest BCUT2D eigenvalue weighted by molar-refractivity contribution is -0.137. The molecule has 1 heterocycles. The zero-order valence-electron chi connectivity index (χ0n) is 12.7. The first-order chi connectivity index (χ1) is 11.4. The molecule has 0 unspecified atom stereocenters. The van der Waals surface area contributed by atoms with E-state index >= 15 is 0 Å². The summed E-state index contributed by atoms with van der Waals surface area (Å²) in [7, 11) is 0. The summed E-state index contributed by atoms with van der Waals surface area (Å²) < 4.78 is 28.5. The van der Waals surface area contributed by atoms with Gasteiger partial charge in [-0.2, -0.15) is 8.78 Å². The van der Waals surface area contributed by atoms with Gasteiger partial charge in [0, 0.05) is 11.4 Å². The predicted octanol–water partition coefficient (Wildman–Crippen LogP) is 3.56. The highest BCUT2D eigenvalue weighted by molar-refractivity contribution is 7.17. The normalized spacial score (nSPS) is 10.7. The van der Waals surface area contributed by atoms with E-state index in [9.17, 15) is 18.4 Å². The van der Waals surface area contributed by atoms with Crippen LogP contribution in [0, 0.1) is 0 Å². The summed E-state index contributed by atoms with van der Waals surface area (Å²) >= 11 is 1.21. The highest BCUT2D eigenvalue weighted by atomic mass is 32.1. The van der Waals surface area contributed by atoms with Crippen LogP contribution in [-0.2, 0) is 4.79 Å². The molecule has 0 aliphatic heterocycles. The van der Waals surface area contributed by atoms with E-state index in [4.69, 9.17) is 5.11 Å². The predicted molar refractivity (Wildman–Crippen MR) is 85.6 cm³/mol. The number of likely N-dealkylation sites (N-methyl/N-ethyl adjacent to an activating group) is 1. The molecule has 0 saturated heterocycles. The average Bonchev–Trinajstić information content (AvgIpc) is 3.02. The first-order valence-electron chi connectivity index (χ1n) is 7.07. The van der Waals surface area contributed by atoms with Crippen LogP contribution in [0.5, 0.6) is 5.75 Å². The van der Waals surface area contributed by atoms with Crippen LogP contribution in [-0.4, -0.2) is 41.6 Å². The summed E-state index contributed by atoms with van der Waals surface area (Å²) in [4.78, 5) is 25.5. The molecular formula is C16H15F2NO4S. The van der Waals surface area contributed by atoms with Crippen LogP contribution in [0.3, 0.4) is 0 Å². The van der Waals surface area contributed by atoms with Gasteiger partial charge in [0.25, 0.3) is 5.91 Å². The van der Waals surface area contributed by atoms with Gasteiger partial charge in [0.1, 0.15) is 12.3 Å². The largest absolute Gasteiger partial charge is 0.480 e. The maximum Gasteiger partial charge on any atom is 0.387 e. The number of hydrogen-bond donors (Lipinski definition) is 1. The number of aliphatic carboxylic acids is 1. The van der Waals surface area contributed by atoms with E-state index in [-0.39, 0.29) is 24.7 Å². The lowest BCUT2D eigenvalue weighted by Gasteiger charge is -2.17. The highest BCUT2D eigenvalue weighted by Gasteiger charge is 2.19. The van der Waals surface area contributed by atoms with Crippen molar-refractivity contribution in [2.75, 3.05) is 13.1 Å². The number of amides is 1. The molecule has 0 radical (unpaired) electrons. The van der Waals surface area contributed by atoms with Crippen molar-refractivity contribution in [3.63, 3.8) is 0 Å². The second kappa shape index (κ2) is 7.87. The van der Waals surface area contributed by atoms with Crippen LogP contribution in [0.4, 0.5) is 8.78 Å². The fraction of sp³-hybridized carbons (Fsp3) is 0.250. The van der Waals surface area contributed by atoms with Crippen LogP contribution in [0.15, 0.2) is 36.4 Å². The van der Waals surface area contributed by atoms with Crippen molar-refractivity contribution < 1.29 is 28.2 Å². The zero-order valence-corrected chi connectivity index (χ0v) is 13.6. The van der Waals surface area contributed by atoms with Crippen molar-refractivity contribution in [1.29, 1.82) is 0 Å². The molecule has 1 N–H and O–H groups in total. The zero-order chi connectivity index (χ0) is 17.7. The Hall–Kier alpha value is -2.48. The Morgan fingerprint density at radius 3 is 2.42 bits per heavy atom. The summed E-state index contributed by atoms with van der Waals surface area (Å²) in [5.74, 6) is -1.37. The smallest absolute Gasteiger partial charge is 0.387 e. The Kier molecular flexibility index (Phi) is 5.86. The summed E-state index contributed by atoms with van der Waals surface area (Å²) in [5, 5.41) is 8.83. The number of ether oxygens (including phenoxy) is 1. The van der Waals surface area contributed by atoms with E-state index in [2.05, 4.69) is 4.74 Å². The number of carboxylic acid groups (broad SMARTS) is 1. The summed E-state index contributed by atoms with van der Waals surface area (Å²) in [6, 6.07) is 9.43. The molecular weight excluding hydrogens is 340 g/mol. The monoisotopic (exact) mass is 355 g/mol. The van der Waals surface area contributed by atoms with Crippen LogP contribution < -0.4 is 4.74 Å². The highest BCUT2D eigenvalue weighted by Crippen LogP contribution is 2.30. The molecule has 0 bridgehead atoms. The van der Waals surface area contributed by atoms with Gasteiger partial charge in [0.15, 0.2) is 0 Å². The van der Waals surface area contributed by atoms with E-state index in [0.717, 1.165) is 10.4 Å². The number of nitrogens with zero attached hydrogens (tertiary/aromatic N) is 1. The Morgan fingerprint density at radius 2 is 1.88 bits per heavy atom. The quantitative estimate of drug-likeness (QED) is 0.825. The first-order valence-corrected chi connectivity index (χ1v) is 7.88. The van der Waals surface area contributed by atoms with E-state index in [1.54, 1.807) is 31.2 Å². The maximum atomic E-state index is 12.3. The molecule has 2 rings (SSSR count). The van der Waals surface area contributed by atoms with Crippen LogP contribution >= 0.6 is 11.3 Å². The molecule has 128 valence electrons. The van der Waals surface area contributed by atoms with E-state index in [1.165, 1.54) is 28.4 Å². The van der Waals surface area contributed by atoms with E-state index in [0.29, 0.717) is 4.88 Å². The number of rotatable bonds is 7. The molecule has 2 aromatic rings. The molecule has 0 spiro atoms. The number of carboxylic acids is 1. The maximum absolute atomic E-state index is 12.3. The van der Waals surface area contributed by atoms with Gasteiger partial charge in [-0.15, -0.1) is 11.3 Å². The number of benzene rings is 1. The molecule has 8 heteroatoms. The van der Waals surface area contributed by atoms with E-state index in [1.807, 2.05) is 0 Å². The molecule has 1 aromatic carbocycles. The van der Waals surface area contributed by atoms with Gasteiger partial charge in [-0.3, -0.25) is 9.59 Å². The lowest BCUT2D eigenvalue weighted by Crippen LogP contribution is -2.34. The lowest BCUT2D eigenvalue weighted by atomic mass is 10.2. The summed E-state index contributed by atoms with van der Waals surface area (Å²) in [5.41, 5.74) is 0.752. The van der Waals surface area contributed by atoms with Crippen LogP contribution in [0.2, 0.25) is 0 Å². The average molecular weight is 355 g/mol. The molecule has 1 aromatic heterocycles. The van der Waals surface area contributed by atoms with Gasteiger partial charge >= 0.3 is 12.6 Å². The molecule has 0 atom stereocenters. The van der Waals surface area contributed by atoms with Gasteiger partial charge in [-0.05, 0) is 48.9 Å². The van der Waals surface area contributed by atoms with Crippen molar-refractivity contribution in [2.45, 2.75) is 13.5 Å². The Balaban J connectivity index is 2.14. The van der Waals surface area contributed by atoms with Crippen LogP contribution in [0.1, 0.15) is 16.6 Å². The van der Waals surface area contributed by atoms with Crippen molar-refractivity contribution in [1.82, 2.24) is 4.90 Å². The van der Waals surface area contributed by atoms with Gasteiger partial charge in [0.2, 0.25) is 0 Å². The van der Waals surface area contributed by atoms with Crippen molar-refractivity contribution in [3.05, 3.63) is 41.3 Å². The number of carbonyl (C=O) groups excluding carboxylic acids is 1. The fourth-order valence-corrected chi connectivity index (χ4v) is 3.03. The molecule has 5 nitrogen and oxygen atoms in total. The molecule has 0 saturated carbocycles. The van der Waals surface area contributed by atoms with Gasteiger partial charge in [-0.25, -0.2) is 0 Å². The standard InChI is InChI=1S/C16H15F2NO4S/c1-2-19(9-14(20)21)15(22)13-8-7-12(24-13)10-3-5-11(6-4-10)23-16(17)18/h3-8,16H,2,9H2,1H3,(H,20,21). The second-order valence-electron chi connectivity index (χ2n) is 4.78. The third-order valence-corrected chi connectivity index (χ3v) is 4.30. The topological polar surface area (TPSA) is 66.8 Å². The Morgan fingerprint density at radius 1 is 1.21 bits per heavy atom. The number of hydrogen-bond acceptors (Lipinski definition) is 4. The Labute approximate surface area is 141 Å². The minimum atomic E-state index is -2.88. The van der Waals surface area contributed by atoms with Gasteiger partial charge in [-0.1, -0.05) is 0 Å². The van der Waals surface area contributed by atoms with Crippen molar-refractivity contribution in [2.24, 2.45) is 0 Å². The number of halogens is 2. The third kappa shape index (κ3) is 4.51. The first kappa shape index (κ1) is 17.9. The summed E-state index contributed by atoms with van der Waals surface area (Å²) in [6.07, 6.45) is 0. The van der Waals surface area contributed by atoms with Crippen LogP contribution in [0.25, 0.3) is 10.4 Å². The number of alkyl halides is 2. The fourth-order valence-electron chi connectivity index (χ4n) is 2.05. The minimum absolute atomic E-state index is 0.0558. The molecule has 0 aliphatic carbocycles. The van der Waals surface area contributed by atoms with Gasteiger partial charge in [0.05, 0.1) is 4.88 Å². The van der Waals surface area contributed by atoms with Crippen molar-refractivity contribution >= 4 is 23.2 Å². The van der Waals surface area contributed by atoms with E-state index < -0.39 is 12.6 Å². The summed E-state index contributed by atoms with van der Waals surface area (Å²) in [6.45, 7) is -1.24. The van der Waals surface area contributed by atoms with Gasteiger partial charge < -0.3 is 14.7 Å². The second-order valence-corrected chi connectivity index (χ2v) is 5.86. The molecule has 0 fully saturated rings. The SMILES string of the molecule is CCN(CC(=O)O)C(=O)c1ccc(-c2ccc(OC(F)F)cc2)s1. The van der Waals surface area contributed by atoms with Crippen molar-refractivity contribution in [3.8, 4) is 16.2 Å². The Bertz CT molecular complexity index is 715. The molecule has 0 aliphatic rings. The number of carbonyl (C=O) groups is 2. The molecule has 1 amide bonds. The number of thiophene rings is 1.